The van der Waals surface area contributed by atoms with Crippen LogP contribution < -0.4 is 0 Å². The number of alkyl halides is 3. The zero-order valence-electron chi connectivity index (χ0n) is 20.8. The van der Waals surface area contributed by atoms with E-state index in [1.165, 1.54) is 17.0 Å². The molecule has 2 aromatic carbocycles. The lowest BCUT2D eigenvalue weighted by molar-refractivity contribution is -0.140. The molecule has 204 valence electrons. The van der Waals surface area contributed by atoms with Crippen LogP contribution in [0.3, 0.4) is 0 Å². The van der Waals surface area contributed by atoms with Gasteiger partial charge in [0.25, 0.3) is 11.8 Å². The van der Waals surface area contributed by atoms with E-state index in [9.17, 15) is 27.2 Å². The minimum absolute atomic E-state index is 0.0102. The zero-order valence-corrected chi connectivity index (χ0v) is 21.6. The summed E-state index contributed by atoms with van der Waals surface area (Å²) in [4.78, 5) is 30.6. The van der Waals surface area contributed by atoms with Crippen LogP contribution in [-0.4, -0.2) is 43.0 Å². The number of nitrogens with zero attached hydrogens (tertiary/aromatic N) is 7. The van der Waals surface area contributed by atoms with Crippen molar-refractivity contribution in [2.75, 3.05) is 6.54 Å². The van der Waals surface area contributed by atoms with Gasteiger partial charge in [0.1, 0.15) is 11.9 Å². The lowest BCUT2D eigenvalue weighted by Crippen LogP contribution is -2.40. The van der Waals surface area contributed by atoms with E-state index < -0.39 is 41.6 Å². The van der Waals surface area contributed by atoms with Crippen LogP contribution in [-0.2, 0) is 19.1 Å². The molecule has 4 heterocycles. The van der Waals surface area contributed by atoms with Gasteiger partial charge in [-0.3, -0.25) is 9.59 Å². The van der Waals surface area contributed by atoms with Gasteiger partial charge in [-0.15, -0.1) is 26.6 Å². The van der Waals surface area contributed by atoms with Gasteiger partial charge in [-0.05, 0) is 36.2 Å². The number of aromatic nitrogens is 4. The molecule has 0 spiro atoms. The van der Waals surface area contributed by atoms with Crippen molar-refractivity contribution in [2.24, 2.45) is 10.2 Å². The van der Waals surface area contributed by atoms with Gasteiger partial charge in [-0.1, -0.05) is 24.3 Å². The van der Waals surface area contributed by atoms with Crippen LogP contribution in [0.4, 0.5) is 17.6 Å². The van der Waals surface area contributed by atoms with Gasteiger partial charge in [0, 0.05) is 23.9 Å². The average molecular weight is 570 g/mol. The quantitative estimate of drug-likeness (QED) is 0.295. The molecule has 0 saturated heterocycles. The summed E-state index contributed by atoms with van der Waals surface area (Å²) in [5.41, 5.74) is 0.661. The third kappa shape index (κ3) is 4.57. The normalized spacial score (nSPS) is 18.5. The van der Waals surface area contributed by atoms with Crippen LogP contribution in [0.2, 0.25) is 0 Å². The maximum absolute atomic E-state index is 14.9. The summed E-state index contributed by atoms with van der Waals surface area (Å²) in [6, 6.07) is 10.4. The van der Waals surface area contributed by atoms with Gasteiger partial charge in [-0.2, -0.15) is 18.3 Å². The Balaban J connectivity index is 1.24. The fourth-order valence-electron chi connectivity index (χ4n) is 4.97. The predicted octanol–water partition coefficient (Wildman–Crippen LogP) is 5.67. The Morgan fingerprint density at radius 2 is 1.95 bits per heavy atom. The fourth-order valence-corrected chi connectivity index (χ4v) is 5.77. The lowest BCUT2D eigenvalue weighted by Gasteiger charge is -2.32. The van der Waals surface area contributed by atoms with Crippen LogP contribution >= 0.6 is 11.3 Å². The van der Waals surface area contributed by atoms with Gasteiger partial charge in [0.05, 0.1) is 18.2 Å². The smallest absolute Gasteiger partial charge is 0.329 e. The molecule has 14 heteroatoms. The van der Waals surface area contributed by atoms with Crippen molar-refractivity contribution in [1.82, 2.24) is 24.6 Å². The van der Waals surface area contributed by atoms with Crippen molar-refractivity contribution >= 4 is 23.2 Å². The number of carbonyl (C=O) groups excluding carboxylic acids is 2. The molecule has 0 aliphatic carbocycles. The molecule has 40 heavy (non-hydrogen) atoms. The molecule has 0 bridgehead atoms. The summed E-state index contributed by atoms with van der Waals surface area (Å²) in [6.07, 6.45) is -4.27. The highest BCUT2D eigenvalue weighted by molar-refractivity contribution is 7.13. The Labute approximate surface area is 228 Å². The highest BCUT2D eigenvalue weighted by atomic mass is 32.1. The van der Waals surface area contributed by atoms with E-state index >= 15 is 0 Å². The molecule has 6 rings (SSSR count). The van der Waals surface area contributed by atoms with Gasteiger partial charge in [0.2, 0.25) is 0 Å². The molecule has 0 fully saturated rings. The lowest BCUT2D eigenvalue weighted by atomic mass is 9.93. The molecule has 2 aromatic heterocycles. The minimum Gasteiger partial charge on any atom is -0.329 e. The maximum Gasteiger partial charge on any atom is 0.434 e. The molecule has 2 atom stereocenters. The first-order valence-electron chi connectivity index (χ1n) is 12.2. The number of fused-ring (bicyclic) bond motifs is 2. The predicted molar refractivity (Wildman–Crippen MR) is 134 cm³/mol. The van der Waals surface area contributed by atoms with Crippen molar-refractivity contribution in [2.45, 2.75) is 38.1 Å². The SMILES string of the molecule is CC1CN(C(=O)c2cc(CC3N=NC(=O)c4ccccc43)ccc2F)Cc2nnc(-c3nc(C(F)(F)F)cs3)n21. The third-order valence-electron chi connectivity index (χ3n) is 6.83. The van der Waals surface area contributed by atoms with Crippen molar-refractivity contribution in [3.63, 3.8) is 0 Å². The van der Waals surface area contributed by atoms with Gasteiger partial charge in [-0.25, -0.2) is 9.37 Å². The van der Waals surface area contributed by atoms with E-state index in [0.29, 0.717) is 28.9 Å². The first-order valence-corrected chi connectivity index (χ1v) is 13.1. The Morgan fingerprint density at radius 3 is 2.73 bits per heavy atom. The minimum atomic E-state index is -4.58. The van der Waals surface area contributed by atoms with Crippen molar-refractivity contribution < 1.29 is 27.2 Å². The van der Waals surface area contributed by atoms with Gasteiger partial charge >= 0.3 is 6.18 Å². The van der Waals surface area contributed by atoms with E-state index in [2.05, 4.69) is 25.4 Å². The number of rotatable bonds is 4. The van der Waals surface area contributed by atoms with E-state index in [1.807, 2.05) is 0 Å². The molecule has 2 unspecified atom stereocenters. The highest BCUT2D eigenvalue weighted by Gasteiger charge is 2.36. The van der Waals surface area contributed by atoms with E-state index in [4.69, 9.17) is 0 Å². The number of carbonyl (C=O) groups is 2. The number of hydrogen-bond acceptors (Lipinski definition) is 7. The summed E-state index contributed by atoms with van der Waals surface area (Å²) in [5.74, 6) is -1.14. The molecule has 2 aliphatic heterocycles. The Morgan fingerprint density at radius 1 is 1.15 bits per heavy atom. The van der Waals surface area contributed by atoms with E-state index in [-0.39, 0.29) is 29.5 Å². The fraction of sp³-hybridized carbons (Fsp3) is 0.269. The molecule has 0 N–H and O–H groups in total. The molecule has 2 aliphatic rings. The van der Waals surface area contributed by atoms with Crippen LogP contribution in [0, 0.1) is 5.82 Å². The number of halogens is 4. The van der Waals surface area contributed by atoms with Crippen LogP contribution in [0.1, 0.15) is 62.4 Å². The van der Waals surface area contributed by atoms with Crippen LogP contribution in [0.25, 0.3) is 10.8 Å². The van der Waals surface area contributed by atoms with E-state index in [0.717, 1.165) is 16.7 Å². The number of hydrogen-bond donors (Lipinski definition) is 0. The molecule has 4 aromatic rings. The Kier molecular flexibility index (Phi) is 6.28. The molecular weight excluding hydrogens is 550 g/mol. The summed E-state index contributed by atoms with van der Waals surface area (Å²) in [6.45, 7) is 1.92. The van der Waals surface area contributed by atoms with Crippen molar-refractivity contribution in [3.8, 4) is 10.8 Å². The number of azo groups is 1. The summed E-state index contributed by atoms with van der Waals surface area (Å²) < 4.78 is 55.7. The third-order valence-corrected chi connectivity index (χ3v) is 7.66. The van der Waals surface area contributed by atoms with Crippen molar-refractivity contribution in [1.29, 1.82) is 0 Å². The molecule has 0 radical (unpaired) electrons. The molecular formula is C26H19F4N7O2S. The second-order valence-corrected chi connectivity index (χ2v) is 10.4. The Hall–Kier alpha value is -4.33. The standard InChI is InChI=1S/C26H19F4N7O2S/c1-13-10-36(11-21-33-34-22(37(13)21)24-31-20(12-40-24)26(28,29)30)25(39)17-8-14(6-7-18(17)27)9-19-15-4-2-3-5-16(15)23(38)35-32-19/h2-8,12-13,19H,9-11H2,1H3. The largest absolute Gasteiger partial charge is 0.434 e. The number of benzene rings is 2. The summed E-state index contributed by atoms with van der Waals surface area (Å²) >= 11 is 0.809. The van der Waals surface area contributed by atoms with Gasteiger partial charge < -0.3 is 9.47 Å². The van der Waals surface area contributed by atoms with Crippen molar-refractivity contribution in [3.05, 3.63) is 87.4 Å². The Bertz CT molecular complexity index is 1680. The monoisotopic (exact) mass is 569 g/mol. The first-order chi connectivity index (χ1) is 19.1. The second-order valence-electron chi connectivity index (χ2n) is 9.52. The molecule has 2 amide bonds. The topological polar surface area (TPSA) is 106 Å². The molecule has 9 nitrogen and oxygen atoms in total. The highest BCUT2D eigenvalue weighted by Crippen LogP contribution is 2.35. The number of amides is 2. The van der Waals surface area contributed by atoms with E-state index in [1.54, 1.807) is 41.8 Å². The summed E-state index contributed by atoms with van der Waals surface area (Å²) in [5, 5.41) is 17.0. The maximum atomic E-state index is 14.9. The van der Waals surface area contributed by atoms with Crippen LogP contribution in [0.15, 0.2) is 58.1 Å². The second kappa shape index (κ2) is 9.70. The molecule has 0 saturated carbocycles. The number of thiazole rings is 1. The zero-order chi connectivity index (χ0) is 28.2. The first kappa shape index (κ1) is 25.9. The van der Waals surface area contributed by atoms with Gasteiger partial charge in [0.15, 0.2) is 22.4 Å². The average Bonchev–Trinajstić information content (AvgIpc) is 3.59. The summed E-state index contributed by atoms with van der Waals surface area (Å²) in [7, 11) is 0. The van der Waals surface area contributed by atoms with Crippen LogP contribution in [0.5, 0.6) is 0 Å².